The van der Waals surface area contributed by atoms with Gasteiger partial charge in [0.2, 0.25) is 0 Å². The molecular formula is C19H33N3O2. The Morgan fingerprint density at radius 1 is 1.29 bits per heavy atom. The van der Waals surface area contributed by atoms with Crippen molar-refractivity contribution in [1.29, 1.82) is 0 Å². The molecule has 1 aromatic rings. The molecule has 0 bridgehead atoms. The first kappa shape index (κ1) is 20.3. The number of hydrogen-bond acceptors (Lipinski definition) is 4. The molecule has 0 unspecified atom stereocenters. The summed E-state index contributed by atoms with van der Waals surface area (Å²) in [7, 11) is 1.89. The zero-order valence-corrected chi connectivity index (χ0v) is 15.3. The van der Waals surface area contributed by atoms with Gasteiger partial charge in [0.25, 0.3) is 5.91 Å². The summed E-state index contributed by atoms with van der Waals surface area (Å²) in [4.78, 5) is 14.5. The second-order valence-electron chi connectivity index (χ2n) is 6.01. The van der Waals surface area contributed by atoms with Gasteiger partial charge in [-0.05, 0) is 37.5 Å². The molecule has 4 N–H and O–H groups in total. The summed E-state index contributed by atoms with van der Waals surface area (Å²) in [5.41, 5.74) is 8.04. The number of rotatable bonds is 6. The van der Waals surface area contributed by atoms with Crippen molar-refractivity contribution >= 4 is 17.3 Å². The molecule has 1 aliphatic carbocycles. The summed E-state index contributed by atoms with van der Waals surface area (Å²) in [5, 5.41) is 12.0. The van der Waals surface area contributed by atoms with E-state index in [1.807, 2.05) is 37.9 Å². The van der Waals surface area contributed by atoms with E-state index in [-0.39, 0.29) is 12.5 Å². The summed E-state index contributed by atoms with van der Waals surface area (Å²) >= 11 is 0. The second kappa shape index (κ2) is 10.9. The first-order valence-electron chi connectivity index (χ1n) is 9.15. The lowest BCUT2D eigenvalue weighted by Crippen LogP contribution is -2.38. The van der Waals surface area contributed by atoms with Gasteiger partial charge < -0.3 is 21.1 Å². The second-order valence-corrected chi connectivity index (χ2v) is 6.01. The number of aliphatic hydroxyl groups is 1. The van der Waals surface area contributed by atoms with Gasteiger partial charge in [-0.15, -0.1) is 0 Å². The molecule has 136 valence electrons. The molecule has 1 aliphatic rings. The number of benzene rings is 1. The van der Waals surface area contributed by atoms with E-state index in [1.165, 1.54) is 19.3 Å². The van der Waals surface area contributed by atoms with Crippen molar-refractivity contribution in [3.8, 4) is 0 Å². The van der Waals surface area contributed by atoms with E-state index in [4.69, 9.17) is 10.8 Å². The van der Waals surface area contributed by atoms with Crippen LogP contribution >= 0.6 is 0 Å². The van der Waals surface area contributed by atoms with Crippen molar-refractivity contribution in [3.63, 3.8) is 0 Å². The van der Waals surface area contributed by atoms with Crippen LogP contribution in [0.1, 0.15) is 62.7 Å². The molecule has 0 saturated heterocycles. The van der Waals surface area contributed by atoms with Gasteiger partial charge in [0.1, 0.15) is 0 Å². The van der Waals surface area contributed by atoms with Gasteiger partial charge in [0, 0.05) is 31.8 Å². The predicted octanol–water partition coefficient (Wildman–Crippen LogP) is 3.49. The van der Waals surface area contributed by atoms with E-state index in [1.54, 1.807) is 6.07 Å². The highest BCUT2D eigenvalue weighted by Crippen LogP contribution is 2.25. The van der Waals surface area contributed by atoms with Crippen molar-refractivity contribution in [2.75, 3.05) is 31.2 Å². The van der Waals surface area contributed by atoms with Crippen LogP contribution in [0.4, 0.5) is 11.4 Å². The lowest BCUT2D eigenvalue weighted by molar-refractivity contribution is 0.0696. The minimum Gasteiger partial charge on any atom is -0.397 e. The number of nitrogen functional groups attached to an aromatic ring is 1. The average molecular weight is 335 g/mol. The number of aliphatic hydroxyl groups excluding tert-OH is 1. The molecule has 0 aliphatic heterocycles. The van der Waals surface area contributed by atoms with Crippen molar-refractivity contribution in [2.45, 2.75) is 58.4 Å². The summed E-state index contributed by atoms with van der Waals surface area (Å²) in [6, 6.07) is 5.75. The van der Waals surface area contributed by atoms with E-state index < -0.39 is 0 Å². The number of hydrogen-bond donors (Lipinski definition) is 3. The third-order valence-electron chi connectivity index (χ3n) is 4.39. The fraction of sp³-hybridized carbons (Fsp3) is 0.632. The standard InChI is InChI=1S/C17H27N3O2.C2H6/c1-20(14-6-3-2-4-7-14)17(22)13-8-9-16(15(18)12-13)19-10-5-11-21;1-2/h8-9,12,14,19,21H,2-7,10-11,18H2,1H3;1-2H3. The largest absolute Gasteiger partial charge is 0.397 e. The minimum absolute atomic E-state index is 0.0421. The van der Waals surface area contributed by atoms with E-state index in [2.05, 4.69) is 5.32 Å². The third-order valence-corrected chi connectivity index (χ3v) is 4.39. The summed E-state index contributed by atoms with van der Waals surface area (Å²) < 4.78 is 0. The van der Waals surface area contributed by atoms with Crippen LogP contribution in [0, 0.1) is 0 Å². The number of nitrogens with zero attached hydrogens (tertiary/aromatic N) is 1. The number of carbonyl (C=O) groups excluding carboxylic acids is 1. The minimum atomic E-state index is 0.0421. The molecule has 0 aromatic heterocycles. The van der Waals surface area contributed by atoms with Gasteiger partial charge in [-0.3, -0.25) is 4.79 Å². The lowest BCUT2D eigenvalue weighted by Gasteiger charge is -2.31. The molecule has 0 radical (unpaired) electrons. The molecule has 1 amide bonds. The zero-order valence-electron chi connectivity index (χ0n) is 15.3. The summed E-state index contributed by atoms with van der Waals surface area (Å²) in [5.74, 6) is 0.0421. The fourth-order valence-corrected chi connectivity index (χ4v) is 3.00. The highest BCUT2D eigenvalue weighted by atomic mass is 16.3. The van der Waals surface area contributed by atoms with E-state index in [9.17, 15) is 4.79 Å². The van der Waals surface area contributed by atoms with Gasteiger partial charge in [-0.1, -0.05) is 33.1 Å². The first-order valence-corrected chi connectivity index (χ1v) is 9.15. The molecule has 0 heterocycles. The van der Waals surface area contributed by atoms with Crippen LogP contribution in [0.5, 0.6) is 0 Å². The topological polar surface area (TPSA) is 78.6 Å². The number of amides is 1. The first-order chi connectivity index (χ1) is 11.6. The van der Waals surface area contributed by atoms with Crippen molar-refractivity contribution < 1.29 is 9.90 Å². The Labute approximate surface area is 146 Å². The Hall–Kier alpha value is -1.75. The maximum Gasteiger partial charge on any atom is 0.253 e. The van der Waals surface area contributed by atoms with Crippen LogP contribution < -0.4 is 11.1 Å². The van der Waals surface area contributed by atoms with Crippen LogP contribution in [-0.2, 0) is 0 Å². The Morgan fingerprint density at radius 3 is 2.54 bits per heavy atom. The molecular weight excluding hydrogens is 302 g/mol. The van der Waals surface area contributed by atoms with E-state index in [0.717, 1.165) is 18.5 Å². The highest BCUT2D eigenvalue weighted by molar-refractivity contribution is 5.96. The molecule has 1 aromatic carbocycles. The maximum atomic E-state index is 12.6. The van der Waals surface area contributed by atoms with Crippen molar-refractivity contribution in [3.05, 3.63) is 23.8 Å². The Bertz CT molecular complexity index is 499. The summed E-state index contributed by atoms with van der Waals surface area (Å²) in [6.07, 6.45) is 6.55. The normalized spacial score (nSPS) is 14.5. The Morgan fingerprint density at radius 2 is 1.96 bits per heavy atom. The molecule has 5 heteroatoms. The quantitative estimate of drug-likeness (QED) is 0.549. The monoisotopic (exact) mass is 335 g/mol. The Balaban J connectivity index is 0.00000139. The third kappa shape index (κ3) is 5.71. The molecule has 1 fully saturated rings. The molecule has 5 nitrogen and oxygen atoms in total. The average Bonchev–Trinajstić information content (AvgIpc) is 2.64. The highest BCUT2D eigenvalue weighted by Gasteiger charge is 2.23. The number of nitrogens with one attached hydrogen (secondary N) is 1. The molecule has 2 rings (SSSR count). The Kier molecular flexibility index (Phi) is 9.23. The van der Waals surface area contributed by atoms with Crippen molar-refractivity contribution in [2.24, 2.45) is 0 Å². The molecule has 24 heavy (non-hydrogen) atoms. The van der Waals surface area contributed by atoms with Gasteiger partial charge in [-0.2, -0.15) is 0 Å². The van der Waals surface area contributed by atoms with Gasteiger partial charge in [0.15, 0.2) is 0 Å². The number of carbonyl (C=O) groups is 1. The SMILES string of the molecule is CC.CN(C(=O)c1ccc(NCCCO)c(N)c1)C1CCCCC1. The zero-order chi connectivity index (χ0) is 17.9. The molecule has 1 saturated carbocycles. The van der Waals surface area contributed by atoms with E-state index in [0.29, 0.717) is 30.3 Å². The molecule has 0 spiro atoms. The van der Waals surface area contributed by atoms with Crippen LogP contribution in [0.15, 0.2) is 18.2 Å². The number of anilines is 2. The van der Waals surface area contributed by atoms with Crippen molar-refractivity contribution in [1.82, 2.24) is 4.90 Å². The fourth-order valence-electron chi connectivity index (χ4n) is 3.00. The van der Waals surface area contributed by atoms with Crippen LogP contribution in [-0.4, -0.2) is 42.2 Å². The molecule has 0 atom stereocenters. The van der Waals surface area contributed by atoms with Crippen LogP contribution in [0.25, 0.3) is 0 Å². The predicted molar refractivity (Wildman–Crippen MR) is 101 cm³/mol. The van der Waals surface area contributed by atoms with Gasteiger partial charge in [0.05, 0.1) is 11.4 Å². The van der Waals surface area contributed by atoms with Crippen LogP contribution in [0.2, 0.25) is 0 Å². The lowest BCUT2D eigenvalue weighted by atomic mass is 9.94. The van der Waals surface area contributed by atoms with Gasteiger partial charge >= 0.3 is 0 Å². The van der Waals surface area contributed by atoms with Crippen LogP contribution in [0.3, 0.4) is 0 Å². The van der Waals surface area contributed by atoms with E-state index >= 15 is 0 Å². The number of nitrogens with two attached hydrogens (primary N) is 1. The maximum absolute atomic E-state index is 12.6. The smallest absolute Gasteiger partial charge is 0.253 e. The summed E-state index contributed by atoms with van der Waals surface area (Å²) in [6.45, 7) is 4.81. The van der Waals surface area contributed by atoms with Gasteiger partial charge in [-0.25, -0.2) is 0 Å².